The van der Waals surface area contributed by atoms with E-state index in [9.17, 15) is 18.0 Å². The van der Waals surface area contributed by atoms with Gasteiger partial charge in [0.15, 0.2) is 0 Å². The summed E-state index contributed by atoms with van der Waals surface area (Å²) in [6, 6.07) is 9.31. The Labute approximate surface area is 158 Å². The highest BCUT2D eigenvalue weighted by molar-refractivity contribution is 5.74. The van der Waals surface area contributed by atoms with E-state index in [1.807, 2.05) is 30.3 Å². The van der Waals surface area contributed by atoms with E-state index in [1.54, 1.807) is 4.90 Å². The quantitative estimate of drug-likeness (QED) is 0.831. The molecule has 27 heavy (non-hydrogen) atoms. The molecule has 150 valence electrons. The van der Waals surface area contributed by atoms with Crippen LogP contribution in [0.4, 0.5) is 18.0 Å². The number of ether oxygens (including phenoxy) is 1. The molecule has 1 N–H and O–H groups in total. The van der Waals surface area contributed by atoms with E-state index in [2.05, 4.69) is 5.32 Å². The maximum Gasteiger partial charge on any atom is 0.391 e. The smallest absolute Gasteiger partial charge is 0.373 e. The zero-order valence-electron chi connectivity index (χ0n) is 15.4. The second-order valence-corrected chi connectivity index (χ2v) is 7.53. The molecule has 0 aromatic heterocycles. The minimum Gasteiger partial charge on any atom is -0.373 e. The second kappa shape index (κ2) is 8.95. The normalized spacial score (nSPS) is 24.6. The summed E-state index contributed by atoms with van der Waals surface area (Å²) in [5, 5.41) is 2.81. The number of carbonyl (C=O) groups excluding carboxylic acids is 1. The first-order chi connectivity index (χ1) is 12.9. The molecule has 2 unspecified atom stereocenters. The topological polar surface area (TPSA) is 41.6 Å². The Hall–Kier alpha value is -1.76. The van der Waals surface area contributed by atoms with Gasteiger partial charge in [0, 0.05) is 19.1 Å². The lowest BCUT2D eigenvalue weighted by Crippen LogP contribution is -2.50. The summed E-state index contributed by atoms with van der Waals surface area (Å²) in [7, 11) is 0. The van der Waals surface area contributed by atoms with E-state index < -0.39 is 12.1 Å². The Bertz CT molecular complexity index is 601. The number of halogens is 3. The average Bonchev–Trinajstić information content (AvgIpc) is 2.67. The minimum atomic E-state index is -4.17. The lowest BCUT2D eigenvalue weighted by Gasteiger charge is -2.35. The lowest BCUT2D eigenvalue weighted by atomic mass is 9.85. The molecule has 1 aromatic carbocycles. The van der Waals surface area contributed by atoms with Gasteiger partial charge in [-0.25, -0.2) is 4.79 Å². The van der Waals surface area contributed by atoms with Crippen LogP contribution in [0.15, 0.2) is 30.3 Å². The Kier molecular flexibility index (Phi) is 6.63. The maximum atomic E-state index is 12.9. The van der Waals surface area contributed by atoms with Crippen molar-refractivity contribution in [3.63, 3.8) is 0 Å². The predicted molar refractivity (Wildman–Crippen MR) is 96.2 cm³/mol. The van der Waals surface area contributed by atoms with Gasteiger partial charge in [-0.2, -0.15) is 13.2 Å². The molecule has 1 saturated heterocycles. The van der Waals surface area contributed by atoms with Crippen LogP contribution >= 0.6 is 0 Å². The first-order valence-electron chi connectivity index (χ1n) is 9.69. The summed E-state index contributed by atoms with van der Waals surface area (Å²) in [5.41, 5.74) is 1.12. The van der Waals surface area contributed by atoms with Crippen molar-refractivity contribution in [1.29, 1.82) is 0 Å². The third-order valence-corrected chi connectivity index (χ3v) is 5.52. The average molecular weight is 384 g/mol. The first kappa shape index (κ1) is 20.0. The van der Waals surface area contributed by atoms with E-state index in [0.29, 0.717) is 32.5 Å². The lowest BCUT2D eigenvalue weighted by molar-refractivity contribution is -0.183. The van der Waals surface area contributed by atoms with Crippen molar-refractivity contribution in [3.05, 3.63) is 35.9 Å². The van der Waals surface area contributed by atoms with E-state index >= 15 is 0 Å². The van der Waals surface area contributed by atoms with Crippen molar-refractivity contribution >= 4 is 6.03 Å². The van der Waals surface area contributed by atoms with Gasteiger partial charge in [0.1, 0.15) is 0 Å². The van der Waals surface area contributed by atoms with Crippen LogP contribution in [0.3, 0.4) is 0 Å². The Morgan fingerprint density at radius 3 is 2.48 bits per heavy atom. The number of piperidine rings is 1. The van der Waals surface area contributed by atoms with Crippen LogP contribution in [0.25, 0.3) is 0 Å². The molecule has 0 bridgehead atoms. The number of carbonyl (C=O) groups is 1. The van der Waals surface area contributed by atoms with Gasteiger partial charge in [-0.1, -0.05) is 36.8 Å². The number of alkyl halides is 3. The van der Waals surface area contributed by atoms with Gasteiger partial charge < -0.3 is 15.0 Å². The van der Waals surface area contributed by atoms with Gasteiger partial charge in [0.25, 0.3) is 0 Å². The number of rotatable bonds is 4. The zero-order valence-corrected chi connectivity index (χ0v) is 15.4. The largest absolute Gasteiger partial charge is 0.391 e. The number of nitrogens with zero attached hydrogens (tertiary/aromatic N) is 1. The molecule has 2 amide bonds. The highest BCUT2D eigenvalue weighted by Crippen LogP contribution is 2.37. The van der Waals surface area contributed by atoms with Gasteiger partial charge in [-0.3, -0.25) is 0 Å². The van der Waals surface area contributed by atoms with Crippen molar-refractivity contribution < 1.29 is 22.7 Å². The van der Waals surface area contributed by atoms with E-state index in [-0.39, 0.29) is 31.0 Å². The number of nitrogens with one attached hydrogen (secondary N) is 1. The van der Waals surface area contributed by atoms with Crippen molar-refractivity contribution in [2.24, 2.45) is 5.92 Å². The molecule has 1 aliphatic heterocycles. The first-order valence-corrected chi connectivity index (χ1v) is 9.69. The van der Waals surface area contributed by atoms with Gasteiger partial charge in [-0.15, -0.1) is 0 Å². The van der Waals surface area contributed by atoms with Crippen molar-refractivity contribution in [2.75, 3.05) is 13.1 Å². The molecule has 3 rings (SSSR count). The fraction of sp³-hybridized carbons (Fsp3) is 0.650. The number of hydrogen-bond acceptors (Lipinski definition) is 2. The molecule has 0 spiro atoms. The standard InChI is InChI=1S/C20H27F3N2O2/c21-20(22,23)16-7-4-8-17(13-16)24-19(26)25-11-9-18(10-12-25)27-14-15-5-2-1-3-6-15/h1-3,5-6,16-18H,4,7-14H2,(H,24,26). The molecule has 1 aliphatic carbocycles. The number of benzene rings is 1. The Balaban J connectivity index is 1.39. The van der Waals surface area contributed by atoms with E-state index in [0.717, 1.165) is 18.4 Å². The molecular weight excluding hydrogens is 357 g/mol. The third-order valence-electron chi connectivity index (χ3n) is 5.52. The van der Waals surface area contributed by atoms with Crippen LogP contribution < -0.4 is 5.32 Å². The SMILES string of the molecule is O=C(NC1CCCC(C(F)(F)F)C1)N1CCC(OCc2ccccc2)CC1. The molecule has 2 aliphatic rings. The summed E-state index contributed by atoms with van der Waals surface area (Å²) in [6.45, 7) is 1.69. The van der Waals surface area contributed by atoms with Crippen molar-refractivity contribution in [1.82, 2.24) is 10.2 Å². The van der Waals surface area contributed by atoms with Crippen LogP contribution in [0.1, 0.15) is 44.1 Å². The zero-order chi connectivity index (χ0) is 19.3. The number of hydrogen-bond donors (Lipinski definition) is 1. The Morgan fingerprint density at radius 2 is 1.81 bits per heavy atom. The Morgan fingerprint density at radius 1 is 1.11 bits per heavy atom. The van der Waals surface area contributed by atoms with Gasteiger partial charge in [-0.05, 0) is 37.7 Å². The molecule has 2 atom stereocenters. The van der Waals surface area contributed by atoms with Crippen LogP contribution in [-0.4, -0.2) is 42.3 Å². The summed E-state index contributed by atoms with van der Waals surface area (Å²) in [5.74, 6) is -1.30. The fourth-order valence-corrected chi connectivity index (χ4v) is 3.90. The molecule has 1 heterocycles. The molecule has 1 saturated carbocycles. The molecule has 4 nitrogen and oxygen atoms in total. The van der Waals surface area contributed by atoms with Gasteiger partial charge in [0.05, 0.1) is 18.6 Å². The second-order valence-electron chi connectivity index (χ2n) is 7.53. The molecule has 2 fully saturated rings. The third kappa shape index (κ3) is 5.86. The number of urea groups is 1. The summed E-state index contributed by atoms with van der Waals surface area (Å²) < 4.78 is 44.6. The van der Waals surface area contributed by atoms with Crippen molar-refractivity contribution in [3.8, 4) is 0 Å². The van der Waals surface area contributed by atoms with Gasteiger partial charge in [0.2, 0.25) is 0 Å². The van der Waals surface area contributed by atoms with E-state index in [1.165, 1.54) is 0 Å². The van der Waals surface area contributed by atoms with Crippen LogP contribution in [-0.2, 0) is 11.3 Å². The molecule has 1 aromatic rings. The van der Waals surface area contributed by atoms with E-state index in [4.69, 9.17) is 4.74 Å². The van der Waals surface area contributed by atoms with Crippen molar-refractivity contribution in [2.45, 2.75) is 63.5 Å². The molecule has 0 radical (unpaired) electrons. The van der Waals surface area contributed by atoms with Gasteiger partial charge >= 0.3 is 12.2 Å². The maximum absolute atomic E-state index is 12.9. The number of amides is 2. The van der Waals surface area contributed by atoms with Crippen LogP contribution in [0.2, 0.25) is 0 Å². The monoisotopic (exact) mass is 384 g/mol. The highest BCUT2D eigenvalue weighted by atomic mass is 19.4. The minimum absolute atomic E-state index is 0.00804. The summed E-state index contributed by atoms with van der Waals surface area (Å²) >= 11 is 0. The van der Waals surface area contributed by atoms with Crippen LogP contribution in [0, 0.1) is 5.92 Å². The predicted octanol–water partition coefficient (Wildman–Crippen LogP) is 4.50. The summed E-state index contributed by atoms with van der Waals surface area (Å²) in [6.07, 6.45) is -1.28. The molecule has 7 heteroatoms. The fourth-order valence-electron chi connectivity index (χ4n) is 3.90. The highest BCUT2D eigenvalue weighted by Gasteiger charge is 2.42. The molecular formula is C20H27F3N2O2. The van der Waals surface area contributed by atoms with Crippen LogP contribution in [0.5, 0.6) is 0 Å². The summed E-state index contributed by atoms with van der Waals surface area (Å²) in [4.78, 5) is 14.1. The number of likely N-dealkylation sites (tertiary alicyclic amines) is 1.